The van der Waals surface area contributed by atoms with Gasteiger partial charge in [0, 0.05) is 43.7 Å². The first-order chi connectivity index (χ1) is 12.6. The summed E-state index contributed by atoms with van der Waals surface area (Å²) in [5.74, 6) is 1.23. The van der Waals surface area contributed by atoms with E-state index in [0.717, 1.165) is 60.6 Å². The van der Waals surface area contributed by atoms with E-state index >= 15 is 0 Å². The first kappa shape index (κ1) is 17.6. The Morgan fingerprint density at radius 3 is 2.96 bits per heavy atom. The number of carbonyl (C=O) groups excluding carboxylic acids is 1. The molecule has 1 aromatic carbocycles. The number of hydrogen-bond donors (Lipinski definition) is 0. The molecule has 1 unspecified atom stereocenters. The van der Waals surface area contributed by atoms with Gasteiger partial charge in [-0.25, -0.2) is 4.98 Å². The number of nitrogens with zero attached hydrogens (tertiary/aromatic N) is 3. The van der Waals surface area contributed by atoms with Crippen LogP contribution in [0.5, 0.6) is 0 Å². The zero-order valence-electron chi connectivity index (χ0n) is 15.1. The first-order valence-electron chi connectivity index (χ1n) is 9.21. The molecule has 3 heterocycles. The van der Waals surface area contributed by atoms with Crippen molar-refractivity contribution in [2.75, 3.05) is 44.8 Å². The second kappa shape index (κ2) is 7.05. The van der Waals surface area contributed by atoms with Crippen LogP contribution in [-0.2, 0) is 9.53 Å². The lowest BCUT2D eigenvalue weighted by Gasteiger charge is -2.39. The number of hydrogen-bond acceptors (Lipinski definition) is 4. The van der Waals surface area contributed by atoms with E-state index in [9.17, 15) is 4.79 Å². The summed E-state index contributed by atoms with van der Waals surface area (Å²) in [6.07, 6.45) is 2.93. The lowest BCUT2D eigenvalue weighted by molar-refractivity contribution is -0.145. The molecule has 6 heteroatoms. The van der Waals surface area contributed by atoms with Gasteiger partial charge in [0.2, 0.25) is 5.91 Å². The fourth-order valence-corrected chi connectivity index (χ4v) is 4.46. The standard InChI is InChI=1S/C20H24ClN3O2/c1-26-12-11-23-9-2-7-20(19(23)25)8-10-24(14-20)18-6-3-15-13-16(21)4-5-17(15)22-18/h3-6,13H,2,7-12,14H2,1H3. The quantitative estimate of drug-likeness (QED) is 0.824. The molecule has 0 radical (unpaired) electrons. The largest absolute Gasteiger partial charge is 0.383 e. The molecule has 4 rings (SSSR count). The van der Waals surface area contributed by atoms with Gasteiger partial charge in [0.05, 0.1) is 17.5 Å². The van der Waals surface area contributed by atoms with Crippen LogP contribution in [0.25, 0.3) is 10.9 Å². The Hall–Kier alpha value is -1.85. The van der Waals surface area contributed by atoms with Gasteiger partial charge in [-0.2, -0.15) is 0 Å². The van der Waals surface area contributed by atoms with Crippen molar-refractivity contribution in [2.24, 2.45) is 5.41 Å². The van der Waals surface area contributed by atoms with Gasteiger partial charge in [-0.3, -0.25) is 4.79 Å². The van der Waals surface area contributed by atoms with Crippen molar-refractivity contribution < 1.29 is 9.53 Å². The average Bonchev–Trinajstić information content (AvgIpc) is 3.08. The highest BCUT2D eigenvalue weighted by atomic mass is 35.5. The van der Waals surface area contributed by atoms with Gasteiger partial charge >= 0.3 is 0 Å². The van der Waals surface area contributed by atoms with Gasteiger partial charge < -0.3 is 14.5 Å². The molecule has 1 atom stereocenters. The Kier molecular flexibility index (Phi) is 4.76. The topological polar surface area (TPSA) is 45.7 Å². The Morgan fingerprint density at radius 2 is 2.12 bits per heavy atom. The van der Waals surface area contributed by atoms with Gasteiger partial charge in [-0.15, -0.1) is 0 Å². The molecule has 0 aliphatic carbocycles. The molecule has 2 saturated heterocycles. The molecular formula is C20H24ClN3O2. The number of likely N-dealkylation sites (tertiary alicyclic amines) is 1. The van der Waals surface area contributed by atoms with Crippen molar-refractivity contribution >= 4 is 34.2 Å². The number of pyridine rings is 1. The summed E-state index contributed by atoms with van der Waals surface area (Å²) < 4.78 is 5.16. The third-order valence-electron chi connectivity index (χ3n) is 5.70. The molecule has 0 N–H and O–H groups in total. The van der Waals surface area contributed by atoms with Crippen molar-refractivity contribution in [3.8, 4) is 0 Å². The predicted molar refractivity (Wildman–Crippen MR) is 104 cm³/mol. The van der Waals surface area contributed by atoms with Gasteiger partial charge in [0.1, 0.15) is 5.82 Å². The molecule has 2 aliphatic rings. The molecule has 5 nitrogen and oxygen atoms in total. The van der Waals surface area contributed by atoms with E-state index in [1.54, 1.807) is 7.11 Å². The minimum Gasteiger partial charge on any atom is -0.383 e. The van der Waals surface area contributed by atoms with Gasteiger partial charge in [-0.1, -0.05) is 11.6 Å². The summed E-state index contributed by atoms with van der Waals surface area (Å²) in [6.45, 7) is 3.75. The number of ether oxygens (including phenoxy) is 1. The molecule has 2 fully saturated rings. The zero-order chi connectivity index (χ0) is 18.1. The molecule has 1 amide bonds. The SMILES string of the molecule is COCCN1CCCC2(CCN(c3ccc4cc(Cl)ccc4n3)C2)C1=O. The number of piperidine rings is 1. The maximum absolute atomic E-state index is 13.1. The lowest BCUT2D eigenvalue weighted by Crippen LogP contribution is -2.51. The van der Waals surface area contributed by atoms with Crippen LogP contribution in [0.4, 0.5) is 5.82 Å². The highest BCUT2D eigenvalue weighted by Gasteiger charge is 2.48. The third-order valence-corrected chi connectivity index (χ3v) is 5.94. The Morgan fingerprint density at radius 1 is 1.23 bits per heavy atom. The maximum atomic E-state index is 13.1. The van der Waals surface area contributed by atoms with Crippen molar-refractivity contribution in [3.05, 3.63) is 35.4 Å². The van der Waals surface area contributed by atoms with Gasteiger partial charge in [0.15, 0.2) is 0 Å². The summed E-state index contributed by atoms with van der Waals surface area (Å²) in [7, 11) is 1.68. The number of benzene rings is 1. The van der Waals surface area contributed by atoms with Crippen molar-refractivity contribution in [1.82, 2.24) is 9.88 Å². The van der Waals surface area contributed by atoms with E-state index in [2.05, 4.69) is 11.0 Å². The van der Waals surface area contributed by atoms with Crippen LogP contribution in [0.1, 0.15) is 19.3 Å². The minimum atomic E-state index is -0.261. The lowest BCUT2D eigenvalue weighted by atomic mass is 9.78. The Labute approximate surface area is 158 Å². The number of halogens is 1. The van der Waals surface area contributed by atoms with Crippen LogP contribution in [0, 0.1) is 5.41 Å². The number of rotatable bonds is 4. The zero-order valence-corrected chi connectivity index (χ0v) is 15.8. The highest BCUT2D eigenvalue weighted by molar-refractivity contribution is 6.31. The summed E-state index contributed by atoms with van der Waals surface area (Å²) in [6, 6.07) is 9.84. The molecule has 2 aliphatic heterocycles. The molecule has 138 valence electrons. The summed E-state index contributed by atoms with van der Waals surface area (Å²) in [5.41, 5.74) is 0.673. The van der Waals surface area contributed by atoms with E-state index in [0.29, 0.717) is 13.2 Å². The average molecular weight is 374 g/mol. The van der Waals surface area contributed by atoms with Crippen LogP contribution in [-0.4, -0.2) is 55.7 Å². The first-order valence-corrected chi connectivity index (χ1v) is 9.59. The number of aromatic nitrogens is 1. The van der Waals surface area contributed by atoms with E-state index < -0.39 is 0 Å². The Bertz CT molecular complexity index is 828. The number of carbonyl (C=O) groups is 1. The molecule has 0 saturated carbocycles. The number of amides is 1. The minimum absolute atomic E-state index is 0.261. The molecule has 26 heavy (non-hydrogen) atoms. The fourth-order valence-electron chi connectivity index (χ4n) is 4.28. The predicted octanol–water partition coefficient (Wildman–Crippen LogP) is 3.35. The van der Waals surface area contributed by atoms with Crippen LogP contribution >= 0.6 is 11.6 Å². The molecule has 1 aromatic heterocycles. The molecule has 1 spiro atoms. The van der Waals surface area contributed by atoms with Crippen molar-refractivity contribution in [2.45, 2.75) is 19.3 Å². The van der Waals surface area contributed by atoms with Crippen LogP contribution < -0.4 is 4.90 Å². The monoisotopic (exact) mass is 373 g/mol. The number of methoxy groups -OCH3 is 1. The summed E-state index contributed by atoms with van der Waals surface area (Å²) in [4.78, 5) is 22.1. The van der Waals surface area contributed by atoms with Crippen molar-refractivity contribution in [1.29, 1.82) is 0 Å². The number of fused-ring (bicyclic) bond motifs is 1. The number of anilines is 1. The summed E-state index contributed by atoms with van der Waals surface area (Å²) >= 11 is 6.06. The van der Waals surface area contributed by atoms with Crippen LogP contribution in [0.15, 0.2) is 30.3 Å². The van der Waals surface area contributed by atoms with Gasteiger partial charge in [-0.05, 0) is 49.6 Å². The normalized spacial score (nSPS) is 23.4. The highest BCUT2D eigenvalue weighted by Crippen LogP contribution is 2.41. The van der Waals surface area contributed by atoms with Crippen LogP contribution in [0.3, 0.4) is 0 Å². The summed E-state index contributed by atoms with van der Waals surface area (Å²) in [5, 5.41) is 1.76. The second-order valence-corrected chi connectivity index (χ2v) is 7.78. The molecule has 2 aromatic rings. The van der Waals surface area contributed by atoms with E-state index in [-0.39, 0.29) is 11.3 Å². The van der Waals surface area contributed by atoms with Gasteiger partial charge in [0.25, 0.3) is 0 Å². The maximum Gasteiger partial charge on any atom is 0.230 e. The smallest absolute Gasteiger partial charge is 0.230 e. The van der Waals surface area contributed by atoms with Crippen molar-refractivity contribution in [3.63, 3.8) is 0 Å². The third kappa shape index (κ3) is 3.14. The van der Waals surface area contributed by atoms with Crippen LogP contribution in [0.2, 0.25) is 5.02 Å². The molecular weight excluding hydrogens is 350 g/mol. The van der Waals surface area contributed by atoms with E-state index in [1.807, 2.05) is 29.2 Å². The van der Waals surface area contributed by atoms with E-state index in [4.69, 9.17) is 21.3 Å². The second-order valence-electron chi connectivity index (χ2n) is 7.35. The molecule has 0 bridgehead atoms. The fraction of sp³-hybridized carbons (Fsp3) is 0.500. The Balaban J connectivity index is 1.54. The van der Waals surface area contributed by atoms with E-state index in [1.165, 1.54) is 0 Å².